The quantitative estimate of drug-likeness (QED) is 0.598. The molecule has 1 aliphatic carbocycles. The molecule has 4 rings (SSSR count). The first kappa shape index (κ1) is 19.6. The first-order chi connectivity index (χ1) is 13.9. The predicted molar refractivity (Wildman–Crippen MR) is 111 cm³/mol. The van der Waals surface area contributed by atoms with Crippen molar-refractivity contribution in [2.75, 3.05) is 0 Å². The van der Waals surface area contributed by atoms with E-state index in [0.29, 0.717) is 33.7 Å². The minimum atomic E-state index is -0.419. The van der Waals surface area contributed by atoms with Gasteiger partial charge >= 0.3 is 0 Å². The van der Waals surface area contributed by atoms with Crippen molar-refractivity contribution in [3.8, 4) is 11.9 Å². The molecule has 146 valence electrons. The molecule has 3 aromatic rings. The Morgan fingerprint density at radius 1 is 1.38 bits per heavy atom. The Hall–Kier alpha value is -2.76. The van der Waals surface area contributed by atoms with Crippen LogP contribution in [0.5, 0.6) is 0 Å². The van der Waals surface area contributed by atoms with Gasteiger partial charge in [-0.3, -0.25) is 4.79 Å². The number of carbonyl (C=O) groups is 1. The van der Waals surface area contributed by atoms with Crippen molar-refractivity contribution in [1.82, 2.24) is 25.1 Å². The summed E-state index contributed by atoms with van der Waals surface area (Å²) in [7, 11) is 0. The molecule has 1 N–H and O–H groups in total. The van der Waals surface area contributed by atoms with E-state index in [1.807, 2.05) is 6.92 Å². The maximum absolute atomic E-state index is 12.7. The van der Waals surface area contributed by atoms with E-state index >= 15 is 0 Å². The molecular formula is C20H16BrClN6O. The topological polar surface area (TPSA) is 96.5 Å². The fourth-order valence-electron chi connectivity index (χ4n) is 2.91. The molecule has 1 aliphatic rings. The SMILES string of the molecule is C[C@H](NC(=O)c1cc(Cl)cc(Br)c1)c1nc(C2CC2)nn1-c1ccc(C#N)cn1. The minimum absolute atomic E-state index is 0.268. The van der Waals surface area contributed by atoms with Crippen molar-refractivity contribution in [3.63, 3.8) is 0 Å². The van der Waals surface area contributed by atoms with Gasteiger partial charge in [-0.15, -0.1) is 5.10 Å². The standard InChI is InChI=1S/C20H16BrClN6O/c1-11(25-20(29)14-6-15(21)8-16(22)7-14)19-26-18(13-3-4-13)27-28(19)17-5-2-12(9-23)10-24-17/h2,5-8,10-11,13H,3-4H2,1H3,(H,25,29)/t11-/m0/s1. The van der Waals surface area contributed by atoms with Crippen molar-refractivity contribution in [2.24, 2.45) is 0 Å². The molecule has 1 fully saturated rings. The number of benzene rings is 1. The monoisotopic (exact) mass is 470 g/mol. The van der Waals surface area contributed by atoms with Crippen molar-refractivity contribution in [2.45, 2.75) is 31.7 Å². The number of amides is 1. The minimum Gasteiger partial charge on any atom is -0.342 e. The lowest BCUT2D eigenvalue weighted by atomic mass is 10.2. The van der Waals surface area contributed by atoms with Gasteiger partial charge in [0.05, 0.1) is 11.6 Å². The van der Waals surface area contributed by atoms with Gasteiger partial charge in [0, 0.05) is 27.2 Å². The zero-order chi connectivity index (χ0) is 20.5. The van der Waals surface area contributed by atoms with Crippen molar-refractivity contribution < 1.29 is 4.79 Å². The number of nitrogens with one attached hydrogen (secondary N) is 1. The Morgan fingerprint density at radius 3 is 2.79 bits per heavy atom. The Bertz CT molecular complexity index is 1100. The van der Waals surface area contributed by atoms with Crippen molar-refractivity contribution in [1.29, 1.82) is 5.26 Å². The average molecular weight is 472 g/mol. The number of halogens is 2. The fourth-order valence-corrected chi connectivity index (χ4v) is 3.77. The molecular weight excluding hydrogens is 456 g/mol. The van der Waals surface area contributed by atoms with Gasteiger partial charge in [-0.2, -0.15) is 9.94 Å². The van der Waals surface area contributed by atoms with E-state index in [1.165, 1.54) is 6.20 Å². The number of hydrogen-bond donors (Lipinski definition) is 1. The predicted octanol–water partition coefficient (Wildman–Crippen LogP) is 4.32. The summed E-state index contributed by atoms with van der Waals surface area (Å²) in [6, 6.07) is 10.1. The molecule has 1 saturated carbocycles. The Labute approximate surface area is 180 Å². The van der Waals surface area contributed by atoms with Crippen LogP contribution in [0.2, 0.25) is 5.02 Å². The number of pyridine rings is 1. The Kier molecular flexibility index (Phi) is 5.35. The molecule has 1 atom stereocenters. The molecule has 0 saturated heterocycles. The van der Waals surface area contributed by atoms with E-state index in [0.717, 1.165) is 23.1 Å². The van der Waals surface area contributed by atoms with Crippen LogP contribution in [0, 0.1) is 11.3 Å². The molecule has 1 amide bonds. The first-order valence-electron chi connectivity index (χ1n) is 9.05. The number of rotatable bonds is 5. The van der Waals surface area contributed by atoms with Crippen LogP contribution in [-0.2, 0) is 0 Å². The maximum atomic E-state index is 12.7. The van der Waals surface area contributed by atoms with E-state index in [1.54, 1.807) is 35.0 Å². The third-order valence-corrected chi connectivity index (χ3v) is 5.22. The number of nitriles is 1. The fraction of sp³-hybridized carbons (Fsp3) is 0.250. The number of nitrogens with zero attached hydrogens (tertiary/aromatic N) is 5. The second kappa shape index (κ2) is 7.93. The van der Waals surface area contributed by atoms with Crippen LogP contribution in [0.4, 0.5) is 0 Å². The Balaban J connectivity index is 1.64. The molecule has 0 spiro atoms. The average Bonchev–Trinajstić information content (AvgIpc) is 3.45. The van der Waals surface area contributed by atoms with Gasteiger partial charge in [-0.05, 0) is 50.1 Å². The molecule has 2 heterocycles. The molecule has 9 heteroatoms. The lowest BCUT2D eigenvalue weighted by molar-refractivity contribution is 0.0938. The summed E-state index contributed by atoms with van der Waals surface area (Å²) in [5, 5.41) is 17.0. The highest BCUT2D eigenvalue weighted by atomic mass is 79.9. The molecule has 7 nitrogen and oxygen atoms in total. The highest BCUT2D eigenvalue weighted by Crippen LogP contribution is 2.38. The summed E-state index contributed by atoms with van der Waals surface area (Å²) < 4.78 is 2.36. The molecule has 29 heavy (non-hydrogen) atoms. The maximum Gasteiger partial charge on any atom is 0.251 e. The van der Waals surface area contributed by atoms with E-state index < -0.39 is 6.04 Å². The largest absolute Gasteiger partial charge is 0.342 e. The molecule has 0 aliphatic heterocycles. The molecule has 0 bridgehead atoms. The lowest BCUT2D eigenvalue weighted by Gasteiger charge is -2.14. The number of hydrogen-bond acceptors (Lipinski definition) is 5. The summed E-state index contributed by atoms with van der Waals surface area (Å²) >= 11 is 9.41. The van der Waals surface area contributed by atoms with E-state index in [9.17, 15) is 4.79 Å². The summed E-state index contributed by atoms with van der Waals surface area (Å²) in [4.78, 5) is 21.7. The summed E-state index contributed by atoms with van der Waals surface area (Å²) in [6.07, 6.45) is 3.60. The van der Waals surface area contributed by atoms with Crippen molar-refractivity contribution in [3.05, 3.63) is 68.8 Å². The summed E-state index contributed by atoms with van der Waals surface area (Å²) in [6.45, 7) is 1.85. The summed E-state index contributed by atoms with van der Waals surface area (Å²) in [5.41, 5.74) is 0.909. The van der Waals surface area contributed by atoms with Gasteiger partial charge in [0.15, 0.2) is 17.5 Å². The lowest BCUT2D eigenvalue weighted by Crippen LogP contribution is -2.28. The van der Waals surface area contributed by atoms with E-state index in [-0.39, 0.29) is 5.91 Å². The molecule has 1 aromatic carbocycles. The number of carbonyl (C=O) groups excluding carboxylic acids is 1. The third kappa shape index (κ3) is 4.31. The van der Waals surface area contributed by atoms with Gasteiger partial charge < -0.3 is 5.32 Å². The van der Waals surface area contributed by atoms with Crippen LogP contribution < -0.4 is 5.32 Å². The second-order valence-electron chi connectivity index (χ2n) is 6.88. The van der Waals surface area contributed by atoms with Crippen LogP contribution in [0.1, 0.15) is 59.3 Å². The van der Waals surface area contributed by atoms with Gasteiger partial charge in [-0.1, -0.05) is 27.5 Å². The zero-order valence-electron chi connectivity index (χ0n) is 15.4. The van der Waals surface area contributed by atoms with Gasteiger partial charge in [-0.25, -0.2) is 9.97 Å². The highest BCUT2D eigenvalue weighted by molar-refractivity contribution is 9.10. The first-order valence-corrected chi connectivity index (χ1v) is 10.2. The van der Waals surface area contributed by atoms with E-state index in [4.69, 9.17) is 16.9 Å². The molecule has 0 unspecified atom stereocenters. The van der Waals surface area contributed by atoms with Crippen LogP contribution in [-0.4, -0.2) is 25.7 Å². The van der Waals surface area contributed by atoms with Gasteiger partial charge in [0.25, 0.3) is 5.91 Å². The molecule has 0 radical (unpaired) electrons. The summed E-state index contributed by atoms with van der Waals surface area (Å²) in [5.74, 6) is 1.96. The van der Waals surface area contributed by atoms with Gasteiger partial charge in [0.2, 0.25) is 0 Å². The molecule has 2 aromatic heterocycles. The smallest absolute Gasteiger partial charge is 0.251 e. The highest BCUT2D eigenvalue weighted by Gasteiger charge is 2.31. The van der Waals surface area contributed by atoms with Crippen LogP contribution in [0.25, 0.3) is 5.82 Å². The van der Waals surface area contributed by atoms with Crippen LogP contribution in [0.3, 0.4) is 0 Å². The number of aromatic nitrogens is 4. The van der Waals surface area contributed by atoms with E-state index in [2.05, 4.69) is 42.4 Å². The normalized spacial score (nSPS) is 14.3. The second-order valence-corrected chi connectivity index (χ2v) is 8.24. The third-order valence-electron chi connectivity index (χ3n) is 4.54. The van der Waals surface area contributed by atoms with Crippen LogP contribution >= 0.6 is 27.5 Å². The van der Waals surface area contributed by atoms with Gasteiger partial charge in [0.1, 0.15) is 6.07 Å². The zero-order valence-corrected chi connectivity index (χ0v) is 17.8. The Morgan fingerprint density at radius 2 is 2.17 bits per heavy atom. The van der Waals surface area contributed by atoms with Crippen LogP contribution in [0.15, 0.2) is 41.0 Å². The van der Waals surface area contributed by atoms with Crippen molar-refractivity contribution >= 4 is 33.4 Å².